The third kappa shape index (κ3) is 4.22. The highest BCUT2D eigenvalue weighted by molar-refractivity contribution is 5.94. The topological polar surface area (TPSA) is 60.2 Å². The molecule has 1 aromatic heterocycles. The summed E-state index contributed by atoms with van der Waals surface area (Å²) < 4.78 is 7.49. The SMILES string of the molecule is CC(c1ccc(-n2cncn2)cc1)N(C)C(=O)c1ccc(Oc2ccccc2)cc1. The first-order valence-electron chi connectivity index (χ1n) is 9.67. The van der Waals surface area contributed by atoms with Gasteiger partial charge in [0.2, 0.25) is 0 Å². The Morgan fingerprint density at radius 2 is 1.60 bits per heavy atom. The van der Waals surface area contributed by atoms with Crippen molar-refractivity contribution in [2.24, 2.45) is 0 Å². The van der Waals surface area contributed by atoms with Crippen LogP contribution in [0.3, 0.4) is 0 Å². The van der Waals surface area contributed by atoms with Crippen LogP contribution in [0.5, 0.6) is 11.5 Å². The smallest absolute Gasteiger partial charge is 0.254 e. The van der Waals surface area contributed by atoms with Crippen molar-refractivity contribution >= 4 is 5.91 Å². The van der Waals surface area contributed by atoms with Gasteiger partial charge in [0.25, 0.3) is 5.91 Å². The Labute approximate surface area is 175 Å². The molecule has 4 aromatic rings. The van der Waals surface area contributed by atoms with E-state index in [4.69, 9.17) is 4.74 Å². The summed E-state index contributed by atoms with van der Waals surface area (Å²) in [7, 11) is 1.81. The maximum Gasteiger partial charge on any atom is 0.254 e. The van der Waals surface area contributed by atoms with Gasteiger partial charge in [-0.05, 0) is 61.0 Å². The highest BCUT2D eigenvalue weighted by Crippen LogP contribution is 2.24. The molecule has 0 spiro atoms. The Bertz CT molecular complexity index is 1090. The third-order valence-electron chi connectivity index (χ3n) is 5.04. The normalized spacial score (nSPS) is 11.7. The van der Waals surface area contributed by atoms with E-state index in [-0.39, 0.29) is 11.9 Å². The standard InChI is InChI=1S/C24H22N4O2/c1-18(19-8-12-21(13-9-19)28-17-25-16-26-28)27(2)24(29)20-10-14-23(15-11-20)30-22-6-4-3-5-7-22/h3-18H,1-2H3. The lowest BCUT2D eigenvalue weighted by Crippen LogP contribution is -2.29. The molecule has 0 bridgehead atoms. The molecule has 0 aliphatic carbocycles. The van der Waals surface area contributed by atoms with E-state index >= 15 is 0 Å². The molecule has 0 radical (unpaired) electrons. The van der Waals surface area contributed by atoms with Crippen LogP contribution in [0, 0.1) is 0 Å². The Kier molecular flexibility index (Phi) is 5.57. The highest BCUT2D eigenvalue weighted by Gasteiger charge is 2.19. The third-order valence-corrected chi connectivity index (χ3v) is 5.04. The van der Waals surface area contributed by atoms with Gasteiger partial charge in [-0.15, -0.1) is 0 Å². The lowest BCUT2D eigenvalue weighted by atomic mass is 10.1. The molecule has 1 amide bonds. The van der Waals surface area contributed by atoms with Gasteiger partial charge in [-0.2, -0.15) is 5.10 Å². The number of ether oxygens (including phenoxy) is 1. The van der Waals surface area contributed by atoms with Crippen molar-refractivity contribution in [2.75, 3.05) is 7.05 Å². The van der Waals surface area contributed by atoms with E-state index in [9.17, 15) is 4.79 Å². The van der Waals surface area contributed by atoms with Gasteiger partial charge in [-0.1, -0.05) is 30.3 Å². The van der Waals surface area contributed by atoms with Crippen LogP contribution in [-0.2, 0) is 0 Å². The second-order valence-electron chi connectivity index (χ2n) is 6.96. The molecule has 150 valence electrons. The van der Waals surface area contributed by atoms with E-state index in [0.717, 1.165) is 17.0 Å². The minimum atomic E-state index is -0.0810. The van der Waals surface area contributed by atoms with Crippen molar-refractivity contribution in [3.63, 3.8) is 0 Å². The zero-order chi connectivity index (χ0) is 20.9. The van der Waals surface area contributed by atoms with Crippen molar-refractivity contribution in [3.05, 3.63) is 103 Å². The number of nitrogens with zero attached hydrogens (tertiary/aromatic N) is 4. The Morgan fingerprint density at radius 3 is 2.23 bits per heavy atom. The largest absolute Gasteiger partial charge is 0.457 e. The fraction of sp³-hybridized carbons (Fsp3) is 0.125. The highest BCUT2D eigenvalue weighted by atomic mass is 16.5. The van der Waals surface area contributed by atoms with Crippen LogP contribution in [0.1, 0.15) is 28.9 Å². The average molecular weight is 398 g/mol. The number of amides is 1. The molecule has 6 heteroatoms. The maximum absolute atomic E-state index is 12.9. The fourth-order valence-corrected chi connectivity index (χ4v) is 3.14. The molecule has 3 aromatic carbocycles. The molecule has 0 N–H and O–H groups in total. The first kappa shape index (κ1) is 19.4. The van der Waals surface area contributed by atoms with Crippen LogP contribution in [0.25, 0.3) is 5.69 Å². The summed E-state index contributed by atoms with van der Waals surface area (Å²) in [4.78, 5) is 18.6. The number of benzene rings is 3. The van der Waals surface area contributed by atoms with Crippen LogP contribution in [0.2, 0.25) is 0 Å². The molecule has 30 heavy (non-hydrogen) atoms. The Morgan fingerprint density at radius 1 is 0.933 bits per heavy atom. The zero-order valence-corrected chi connectivity index (χ0v) is 16.8. The Hall–Kier alpha value is -3.93. The summed E-state index contributed by atoms with van der Waals surface area (Å²) in [5.74, 6) is 1.41. The molecule has 0 fully saturated rings. The number of carbonyl (C=O) groups is 1. The van der Waals surface area contributed by atoms with E-state index in [1.54, 1.807) is 28.0 Å². The predicted octanol–water partition coefficient (Wildman–Crippen LogP) is 4.89. The van der Waals surface area contributed by atoms with Crippen LogP contribution in [0.4, 0.5) is 0 Å². The van der Waals surface area contributed by atoms with Gasteiger partial charge in [-0.3, -0.25) is 4.79 Å². The number of rotatable bonds is 6. The zero-order valence-electron chi connectivity index (χ0n) is 16.8. The molecule has 0 saturated carbocycles. The molecule has 6 nitrogen and oxygen atoms in total. The van der Waals surface area contributed by atoms with Gasteiger partial charge in [-0.25, -0.2) is 9.67 Å². The van der Waals surface area contributed by atoms with Crippen molar-refractivity contribution in [3.8, 4) is 17.2 Å². The summed E-state index contributed by atoms with van der Waals surface area (Å²) >= 11 is 0. The lowest BCUT2D eigenvalue weighted by molar-refractivity contribution is 0.0742. The maximum atomic E-state index is 12.9. The van der Waals surface area contributed by atoms with Crippen LogP contribution >= 0.6 is 0 Å². The first-order valence-corrected chi connectivity index (χ1v) is 9.67. The van der Waals surface area contributed by atoms with Crippen molar-refractivity contribution < 1.29 is 9.53 Å². The second-order valence-corrected chi connectivity index (χ2v) is 6.96. The van der Waals surface area contributed by atoms with E-state index in [2.05, 4.69) is 10.1 Å². The molecule has 1 atom stereocenters. The predicted molar refractivity (Wildman–Crippen MR) is 115 cm³/mol. The van der Waals surface area contributed by atoms with Gasteiger partial charge in [0.1, 0.15) is 24.2 Å². The molecular formula is C24H22N4O2. The van der Waals surface area contributed by atoms with Gasteiger partial charge >= 0.3 is 0 Å². The number of hydrogen-bond donors (Lipinski definition) is 0. The van der Waals surface area contributed by atoms with Gasteiger partial charge in [0.15, 0.2) is 0 Å². The number of para-hydroxylation sites is 1. The summed E-state index contributed by atoms with van der Waals surface area (Å²) in [5.41, 5.74) is 2.58. The van der Waals surface area contributed by atoms with E-state index in [1.807, 2.05) is 80.7 Å². The van der Waals surface area contributed by atoms with E-state index < -0.39 is 0 Å². The summed E-state index contributed by atoms with van der Waals surface area (Å²) in [6, 6.07) is 24.6. The number of aromatic nitrogens is 3. The van der Waals surface area contributed by atoms with Crippen LogP contribution in [0.15, 0.2) is 91.5 Å². The first-order chi connectivity index (χ1) is 14.6. The molecule has 1 heterocycles. The number of hydrogen-bond acceptors (Lipinski definition) is 4. The van der Waals surface area contributed by atoms with Crippen molar-refractivity contribution in [2.45, 2.75) is 13.0 Å². The van der Waals surface area contributed by atoms with Gasteiger partial charge < -0.3 is 9.64 Å². The quantitative estimate of drug-likeness (QED) is 0.464. The fourth-order valence-electron chi connectivity index (χ4n) is 3.14. The van der Waals surface area contributed by atoms with Crippen molar-refractivity contribution in [1.82, 2.24) is 19.7 Å². The summed E-state index contributed by atoms with van der Waals surface area (Å²) in [5, 5.41) is 4.13. The molecule has 0 aliphatic rings. The van der Waals surface area contributed by atoms with E-state index in [1.165, 1.54) is 6.33 Å². The molecular weight excluding hydrogens is 376 g/mol. The van der Waals surface area contributed by atoms with Crippen molar-refractivity contribution in [1.29, 1.82) is 0 Å². The minimum Gasteiger partial charge on any atom is -0.457 e. The lowest BCUT2D eigenvalue weighted by Gasteiger charge is -2.25. The molecule has 0 aliphatic heterocycles. The monoisotopic (exact) mass is 398 g/mol. The summed E-state index contributed by atoms with van der Waals surface area (Å²) in [6.45, 7) is 2.01. The second kappa shape index (κ2) is 8.61. The average Bonchev–Trinajstić information content (AvgIpc) is 3.34. The van der Waals surface area contributed by atoms with Gasteiger partial charge in [0, 0.05) is 12.6 Å². The Balaban J connectivity index is 1.43. The number of carbonyl (C=O) groups excluding carboxylic acids is 1. The molecule has 4 rings (SSSR count). The molecule has 0 saturated heterocycles. The summed E-state index contributed by atoms with van der Waals surface area (Å²) in [6.07, 6.45) is 3.15. The van der Waals surface area contributed by atoms with Crippen LogP contribution in [-0.4, -0.2) is 32.6 Å². The van der Waals surface area contributed by atoms with Crippen LogP contribution < -0.4 is 4.74 Å². The minimum absolute atomic E-state index is 0.0471. The molecule has 1 unspecified atom stereocenters. The van der Waals surface area contributed by atoms with Gasteiger partial charge in [0.05, 0.1) is 11.7 Å². The van der Waals surface area contributed by atoms with E-state index in [0.29, 0.717) is 11.3 Å².